The first kappa shape index (κ1) is 34.9. The van der Waals surface area contributed by atoms with Crippen molar-refractivity contribution in [2.45, 2.75) is 19.8 Å². The Morgan fingerprint density at radius 3 is 1.78 bits per heavy atom. The lowest BCUT2D eigenvalue weighted by atomic mass is 9.80. The lowest BCUT2D eigenvalue weighted by Gasteiger charge is -2.27. The number of fused-ring (bicyclic) bond motifs is 1. The Morgan fingerprint density at radius 1 is 0.720 bits per heavy atom. The van der Waals surface area contributed by atoms with Gasteiger partial charge in [0.25, 0.3) is 0 Å². The highest BCUT2D eigenvalue weighted by Crippen LogP contribution is 2.58. The van der Waals surface area contributed by atoms with E-state index in [2.05, 4.69) is 10.6 Å². The first-order chi connectivity index (χ1) is 24.2. The highest BCUT2D eigenvalue weighted by molar-refractivity contribution is 6.40. The van der Waals surface area contributed by atoms with E-state index in [4.69, 9.17) is 28.8 Å². The van der Waals surface area contributed by atoms with E-state index >= 15 is 0 Å². The summed E-state index contributed by atoms with van der Waals surface area (Å²) in [5.41, 5.74) is 1.32. The van der Waals surface area contributed by atoms with Crippen molar-refractivity contribution in [3.05, 3.63) is 49.3 Å². The number of hydrogen-bond acceptors (Lipinski definition) is 13. The van der Waals surface area contributed by atoms with Crippen LogP contribution in [0, 0.1) is 0 Å². The van der Waals surface area contributed by atoms with E-state index in [1.54, 1.807) is 0 Å². The van der Waals surface area contributed by atoms with Gasteiger partial charge in [-0.15, -0.1) is 0 Å². The van der Waals surface area contributed by atoms with E-state index in [-0.39, 0.29) is 103 Å². The van der Waals surface area contributed by atoms with Gasteiger partial charge in [0.15, 0.2) is 16.6 Å². The van der Waals surface area contributed by atoms with Crippen LogP contribution in [0.15, 0.2) is 27.3 Å². The number of methoxy groups -OCH3 is 3. The van der Waals surface area contributed by atoms with E-state index in [1.165, 1.54) is 40.4 Å². The molecule has 264 valence electrons. The number of carbonyl (C=O) groups is 1. The third-order valence-electron chi connectivity index (χ3n) is 9.25. The van der Waals surface area contributed by atoms with Gasteiger partial charge in [0.1, 0.15) is 23.0 Å². The molecule has 1 aliphatic carbocycles. The third kappa shape index (κ3) is 5.37. The molecule has 0 aromatic heterocycles. The molecule has 0 saturated heterocycles. The van der Waals surface area contributed by atoms with Gasteiger partial charge in [-0.1, -0.05) is 11.6 Å². The lowest BCUT2D eigenvalue weighted by Crippen LogP contribution is -2.18. The summed E-state index contributed by atoms with van der Waals surface area (Å²) in [5, 5.41) is 39.9. The van der Waals surface area contributed by atoms with Gasteiger partial charge in [0.05, 0.1) is 89.0 Å². The van der Waals surface area contributed by atoms with Crippen LogP contribution in [-0.2, 0) is 14.3 Å². The molecule has 0 saturated carbocycles. The van der Waals surface area contributed by atoms with Crippen molar-refractivity contribution in [2.24, 2.45) is 0 Å². The third-order valence-corrected chi connectivity index (χ3v) is 9.25. The zero-order valence-electron chi connectivity index (χ0n) is 28.6. The van der Waals surface area contributed by atoms with Crippen LogP contribution in [0.5, 0.6) is 23.0 Å². The van der Waals surface area contributed by atoms with E-state index in [9.17, 15) is 24.6 Å². The van der Waals surface area contributed by atoms with E-state index < -0.39 is 11.3 Å². The second-order valence-electron chi connectivity index (χ2n) is 12.1. The molecule has 6 rings (SSSR count). The topological polar surface area (TPSA) is 182 Å². The fourth-order valence-electron chi connectivity index (χ4n) is 7.47. The van der Waals surface area contributed by atoms with Crippen molar-refractivity contribution >= 4 is 66.3 Å². The summed E-state index contributed by atoms with van der Waals surface area (Å²) in [6, 6.07) is 2.67. The normalized spacial score (nSPS) is 14.1. The number of ketones is 1. The molecular formula is C37H40N2O11. The van der Waals surface area contributed by atoms with Crippen LogP contribution in [0.2, 0.25) is 0 Å². The van der Waals surface area contributed by atoms with Crippen molar-refractivity contribution in [1.82, 2.24) is 0 Å². The number of allylic oxidation sites excluding steroid dienone is 1. The van der Waals surface area contributed by atoms with Gasteiger partial charge >= 0.3 is 0 Å². The van der Waals surface area contributed by atoms with Crippen molar-refractivity contribution in [3.8, 4) is 23.0 Å². The number of aliphatic hydroxyl groups is 2. The van der Waals surface area contributed by atoms with E-state index in [1.807, 2.05) is 13.0 Å². The summed E-state index contributed by atoms with van der Waals surface area (Å²) in [7, 11) is 4.35. The standard InChI is InChI=1S/C37H40N2O11/c1-17-14-19-25-30-27(36(45)34(19)38-6-10-49-12-8-40)21(44)16-23(47-4)28(30)29-22(46-3)15-20(43)26-32(29)31(25)33(24(17)18(2)42)37(48-5)35(26)39-7-11-50-13-9-41/h14-16,24,38-41,45H,6-13H2,1-5H3. The summed E-state index contributed by atoms with van der Waals surface area (Å²) < 4.78 is 28.7. The Kier molecular flexibility index (Phi) is 9.85. The molecule has 13 heteroatoms. The quantitative estimate of drug-likeness (QED) is 0.0440. The smallest absolute Gasteiger partial charge is 0.194 e. The molecule has 1 aliphatic rings. The number of hydrogen-bond donors (Lipinski definition) is 5. The molecule has 5 aromatic rings. The van der Waals surface area contributed by atoms with Crippen LogP contribution in [0.25, 0.3) is 49.2 Å². The maximum atomic E-state index is 14.2. The van der Waals surface area contributed by atoms with Crippen LogP contribution in [0.4, 0.5) is 11.4 Å². The van der Waals surface area contributed by atoms with Crippen LogP contribution in [-0.4, -0.2) is 95.2 Å². The van der Waals surface area contributed by atoms with Gasteiger partial charge in [-0.05, 0) is 19.2 Å². The number of anilines is 2. The summed E-state index contributed by atoms with van der Waals surface area (Å²) in [6.07, 6.45) is 1.82. The largest absolute Gasteiger partial charge is 0.505 e. The molecule has 0 radical (unpaired) electrons. The fraction of sp³-hybridized carbons (Fsp3) is 0.378. The lowest BCUT2D eigenvalue weighted by molar-refractivity contribution is -0.117. The molecule has 0 spiro atoms. The number of phenolic OH excluding ortho intramolecular Hbond substituents is 1. The number of ether oxygens (including phenoxy) is 5. The van der Waals surface area contributed by atoms with Gasteiger partial charge in [0.2, 0.25) is 0 Å². The zero-order chi connectivity index (χ0) is 35.9. The average Bonchev–Trinajstić information content (AvgIpc) is 3.22. The predicted molar refractivity (Wildman–Crippen MR) is 193 cm³/mol. The summed E-state index contributed by atoms with van der Waals surface area (Å²) in [4.78, 5) is 41.9. The molecule has 0 amide bonds. The molecule has 1 atom stereocenters. The van der Waals surface area contributed by atoms with Gasteiger partial charge in [-0.25, -0.2) is 0 Å². The average molecular weight is 689 g/mol. The highest BCUT2D eigenvalue weighted by Gasteiger charge is 2.37. The number of carbonyl (C=O) groups excluding carboxylic acids is 1. The molecule has 0 bridgehead atoms. The Hall–Kier alpha value is -4.95. The molecule has 50 heavy (non-hydrogen) atoms. The van der Waals surface area contributed by atoms with Crippen LogP contribution >= 0.6 is 0 Å². The number of rotatable bonds is 16. The molecule has 5 aromatic carbocycles. The molecule has 0 aliphatic heterocycles. The number of aliphatic hydroxyl groups excluding tert-OH is 2. The van der Waals surface area contributed by atoms with Crippen molar-refractivity contribution < 1.29 is 43.8 Å². The van der Waals surface area contributed by atoms with Crippen molar-refractivity contribution in [1.29, 1.82) is 0 Å². The molecular weight excluding hydrogens is 648 g/mol. The van der Waals surface area contributed by atoms with E-state index in [0.717, 1.165) is 0 Å². The number of nitrogens with one attached hydrogen (secondary N) is 2. The van der Waals surface area contributed by atoms with Gasteiger partial charge in [-0.2, -0.15) is 0 Å². The van der Waals surface area contributed by atoms with Crippen molar-refractivity contribution in [2.75, 3.05) is 84.7 Å². The van der Waals surface area contributed by atoms with Crippen LogP contribution < -0.4 is 35.7 Å². The molecule has 5 N–H and O–H groups in total. The van der Waals surface area contributed by atoms with Crippen molar-refractivity contribution in [3.63, 3.8) is 0 Å². The number of phenols is 1. The second-order valence-corrected chi connectivity index (χ2v) is 12.1. The minimum atomic E-state index is -0.853. The Morgan fingerprint density at radius 2 is 1.26 bits per heavy atom. The Balaban J connectivity index is 1.91. The molecule has 1 unspecified atom stereocenters. The van der Waals surface area contributed by atoms with Crippen LogP contribution in [0.3, 0.4) is 0 Å². The van der Waals surface area contributed by atoms with Gasteiger partial charge < -0.3 is 49.6 Å². The zero-order valence-corrected chi connectivity index (χ0v) is 28.6. The highest BCUT2D eigenvalue weighted by atomic mass is 16.5. The van der Waals surface area contributed by atoms with E-state index in [0.29, 0.717) is 54.7 Å². The first-order valence-electron chi connectivity index (χ1n) is 16.3. The number of aromatic hydroxyl groups is 1. The minimum absolute atomic E-state index is 0.0193. The molecule has 0 fully saturated rings. The van der Waals surface area contributed by atoms with Crippen LogP contribution in [0.1, 0.15) is 30.9 Å². The monoisotopic (exact) mass is 688 g/mol. The summed E-state index contributed by atoms with van der Waals surface area (Å²) in [6.45, 7) is 4.11. The Labute approximate surface area is 286 Å². The first-order valence-corrected chi connectivity index (χ1v) is 16.3. The number of Topliss-reactive ketones (excluding diaryl/α,β-unsaturated/α-hetero) is 1. The maximum Gasteiger partial charge on any atom is 0.194 e. The molecule has 13 nitrogen and oxygen atoms in total. The van der Waals surface area contributed by atoms with Gasteiger partial charge in [-0.3, -0.25) is 14.4 Å². The fourth-order valence-corrected chi connectivity index (χ4v) is 7.47. The summed E-state index contributed by atoms with van der Waals surface area (Å²) in [5.74, 6) is -0.650. The maximum absolute atomic E-state index is 14.2. The molecule has 0 heterocycles. The SMILES string of the molecule is COc1c(NCCOCCO)c2c(=O)cc(OC)c3c4c(OC)cc(=O)c5c(O)c(NCCOCCO)c6c(c(c1C(C(C)=O)C(C)=C6)c23)c54. The van der Waals surface area contributed by atoms with Gasteiger partial charge in [0, 0.05) is 63.3 Å². The second kappa shape index (κ2) is 14.1. The number of benzene rings is 5. The Bertz CT molecular complexity index is 2270. The minimum Gasteiger partial charge on any atom is -0.505 e. The predicted octanol–water partition coefficient (Wildman–Crippen LogP) is 3.56. The summed E-state index contributed by atoms with van der Waals surface area (Å²) >= 11 is 0.